The van der Waals surface area contributed by atoms with Gasteiger partial charge in [-0.3, -0.25) is 4.79 Å². The summed E-state index contributed by atoms with van der Waals surface area (Å²) in [6.07, 6.45) is 0. The van der Waals surface area contributed by atoms with Crippen molar-refractivity contribution in [2.24, 2.45) is 11.8 Å². The van der Waals surface area contributed by atoms with Gasteiger partial charge in [-0.1, -0.05) is 24.6 Å². The molecular formula is C13H14ClFN2O3. The van der Waals surface area contributed by atoms with E-state index in [0.717, 1.165) is 0 Å². The molecule has 1 aliphatic rings. The van der Waals surface area contributed by atoms with Crippen LogP contribution in [0, 0.1) is 17.7 Å². The van der Waals surface area contributed by atoms with Gasteiger partial charge in [0.05, 0.1) is 16.6 Å². The number of likely N-dealkylation sites (tertiary alicyclic amines) is 1. The van der Waals surface area contributed by atoms with Crippen LogP contribution in [0.15, 0.2) is 18.2 Å². The summed E-state index contributed by atoms with van der Waals surface area (Å²) < 4.78 is 13.7. The lowest BCUT2D eigenvalue weighted by atomic mass is 9.99. The van der Waals surface area contributed by atoms with Gasteiger partial charge in [0.25, 0.3) is 0 Å². The maximum absolute atomic E-state index is 13.7. The van der Waals surface area contributed by atoms with E-state index < -0.39 is 23.7 Å². The highest BCUT2D eigenvalue weighted by molar-refractivity contribution is 6.31. The lowest BCUT2D eigenvalue weighted by Gasteiger charge is -2.17. The van der Waals surface area contributed by atoms with E-state index in [1.54, 1.807) is 6.92 Å². The van der Waals surface area contributed by atoms with E-state index in [2.05, 4.69) is 5.32 Å². The summed E-state index contributed by atoms with van der Waals surface area (Å²) in [6.45, 7) is 2.21. The number of nitrogens with zero attached hydrogens (tertiary/aromatic N) is 1. The second kappa shape index (κ2) is 5.66. The minimum Gasteiger partial charge on any atom is -0.481 e. The van der Waals surface area contributed by atoms with Crippen molar-refractivity contribution in [1.82, 2.24) is 4.90 Å². The van der Waals surface area contributed by atoms with Gasteiger partial charge in [-0.25, -0.2) is 9.18 Å². The average molecular weight is 301 g/mol. The number of rotatable bonds is 2. The molecule has 108 valence electrons. The Bertz CT molecular complexity index is 552. The summed E-state index contributed by atoms with van der Waals surface area (Å²) >= 11 is 5.63. The van der Waals surface area contributed by atoms with Gasteiger partial charge in [0.2, 0.25) is 0 Å². The summed E-state index contributed by atoms with van der Waals surface area (Å²) in [7, 11) is 0. The molecule has 1 fully saturated rings. The number of hydrogen-bond acceptors (Lipinski definition) is 2. The van der Waals surface area contributed by atoms with Gasteiger partial charge in [0.1, 0.15) is 0 Å². The van der Waals surface area contributed by atoms with E-state index in [1.165, 1.54) is 23.1 Å². The molecule has 0 spiro atoms. The fourth-order valence-corrected chi connectivity index (χ4v) is 2.42. The summed E-state index contributed by atoms with van der Waals surface area (Å²) in [4.78, 5) is 24.4. The molecule has 1 heterocycles. The number of carboxylic acids is 1. The third kappa shape index (κ3) is 2.85. The lowest BCUT2D eigenvalue weighted by Crippen LogP contribution is -2.34. The molecule has 5 nitrogen and oxygen atoms in total. The number of amides is 2. The number of nitrogens with one attached hydrogen (secondary N) is 1. The average Bonchev–Trinajstić information content (AvgIpc) is 2.77. The molecule has 1 aromatic rings. The molecule has 7 heteroatoms. The van der Waals surface area contributed by atoms with Crippen molar-refractivity contribution >= 4 is 29.3 Å². The van der Waals surface area contributed by atoms with Gasteiger partial charge < -0.3 is 15.3 Å². The molecule has 2 atom stereocenters. The van der Waals surface area contributed by atoms with Gasteiger partial charge in [0.15, 0.2) is 5.82 Å². The highest BCUT2D eigenvalue weighted by Crippen LogP contribution is 2.26. The normalized spacial score (nSPS) is 21.9. The minimum atomic E-state index is -0.929. The Morgan fingerprint density at radius 3 is 2.75 bits per heavy atom. The second-order valence-corrected chi connectivity index (χ2v) is 5.27. The molecule has 2 N–H and O–H groups in total. The van der Waals surface area contributed by atoms with Crippen molar-refractivity contribution in [3.8, 4) is 0 Å². The molecule has 0 radical (unpaired) electrons. The fourth-order valence-electron chi connectivity index (χ4n) is 2.25. The van der Waals surface area contributed by atoms with Crippen molar-refractivity contribution < 1.29 is 19.1 Å². The molecule has 0 aliphatic carbocycles. The highest BCUT2D eigenvalue weighted by Gasteiger charge is 2.37. The SMILES string of the molecule is C[C@@H]1CN(C(=O)Nc2cccc(Cl)c2F)C[C@H]1C(=O)O. The molecule has 2 rings (SSSR count). The predicted octanol–water partition coefficient (Wildman–Crippen LogP) is 2.66. The maximum atomic E-state index is 13.7. The molecule has 1 saturated heterocycles. The topological polar surface area (TPSA) is 69.6 Å². The van der Waals surface area contributed by atoms with Crippen molar-refractivity contribution in [1.29, 1.82) is 0 Å². The number of carboxylic acid groups (broad SMARTS) is 1. The quantitative estimate of drug-likeness (QED) is 0.882. The fraction of sp³-hybridized carbons (Fsp3) is 0.385. The molecule has 0 aromatic heterocycles. The molecule has 0 saturated carbocycles. The first-order chi connectivity index (χ1) is 9.40. The highest BCUT2D eigenvalue weighted by atomic mass is 35.5. The van der Waals surface area contributed by atoms with E-state index in [-0.39, 0.29) is 23.2 Å². The Balaban J connectivity index is 2.06. The first kappa shape index (κ1) is 14.6. The van der Waals surface area contributed by atoms with Crippen LogP contribution in [-0.4, -0.2) is 35.1 Å². The number of urea groups is 1. The molecule has 1 aliphatic heterocycles. The van der Waals surface area contributed by atoms with Gasteiger partial charge in [-0.2, -0.15) is 0 Å². The van der Waals surface area contributed by atoms with E-state index in [1.807, 2.05) is 0 Å². The monoisotopic (exact) mass is 300 g/mol. The van der Waals surface area contributed by atoms with Crippen LogP contribution in [0.5, 0.6) is 0 Å². The van der Waals surface area contributed by atoms with E-state index in [9.17, 15) is 14.0 Å². The van der Waals surface area contributed by atoms with Crippen LogP contribution >= 0.6 is 11.6 Å². The Labute approximate surface area is 120 Å². The zero-order chi connectivity index (χ0) is 14.9. The molecule has 0 unspecified atom stereocenters. The van der Waals surface area contributed by atoms with Crippen LogP contribution in [0.3, 0.4) is 0 Å². The second-order valence-electron chi connectivity index (χ2n) is 4.86. The van der Waals surface area contributed by atoms with Gasteiger partial charge in [0, 0.05) is 13.1 Å². The first-order valence-corrected chi connectivity index (χ1v) is 6.50. The zero-order valence-electron chi connectivity index (χ0n) is 10.8. The predicted molar refractivity (Wildman–Crippen MR) is 72.3 cm³/mol. The molecule has 0 bridgehead atoms. The van der Waals surface area contributed by atoms with Crippen LogP contribution in [-0.2, 0) is 4.79 Å². The first-order valence-electron chi connectivity index (χ1n) is 6.13. The van der Waals surface area contributed by atoms with Gasteiger partial charge in [-0.15, -0.1) is 0 Å². The zero-order valence-corrected chi connectivity index (χ0v) is 11.5. The summed E-state index contributed by atoms with van der Waals surface area (Å²) in [6, 6.07) is 3.77. The number of aliphatic carboxylic acids is 1. The minimum absolute atomic E-state index is 0.0195. The Morgan fingerprint density at radius 2 is 2.15 bits per heavy atom. The largest absolute Gasteiger partial charge is 0.481 e. The third-order valence-corrected chi connectivity index (χ3v) is 3.70. The van der Waals surface area contributed by atoms with Crippen molar-refractivity contribution in [2.75, 3.05) is 18.4 Å². The lowest BCUT2D eigenvalue weighted by molar-refractivity contribution is -0.142. The Hall–Kier alpha value is -1.82. The van der Waals surface area contributed by atoms with E-state index in [4.69, 9.17) is 16.7 Å². The number of carbonyl (C=O) groups is 2. The van der Waals surface area contributed by atoms with Crippen LogP contribution in [0.1, 0.15) is 6.92 Å². The van der Waals surface area contributed by atoms with E-state index >= 15 is 0 Å². The third-order valence-electron chi connectivity index (χ3n) is 3.41. The van der Waals surface area contributed by atoms with E-state index in [0.29, 0.717) is 6.54 Å². The standard InChI is InChI=1S/C13H14ClFN2O3/c1-7-5-17(6-8(7)12(18)19)13(20)16-10-4-2-3-9(14)11(10)15/h2-4,7-8H,5-6H2,1H3,(H,16,20)(H,18,19)/t7-,8-/m1/s1. The molecule has 20 heavy (non-hydrogen) atoms. The maximum Gasteiger partial charge on any atom is 0.321 e. The number of halogens is 2. The number of carbonyl (C=O) groups excluding carboxylic acids is 1. The van der Waals surface area contributed by atoms with Crippen molar-refractivity contribution in [3.63, 3.8) is 0 Å². The van der Waals surface area contributed by atoms with Crippen molar-refractivity contribution in [3.05, 3.63) is 29.0 Å². The summed E-state index contributed by atoms with van der Waals surface area (Å²) in [5.74, 6) is -2.36. The van der Waals surface area contributed by atoms with Crippen LogP contribution in [0.25, 0.3) is 0 Å². The number of anilines is 1. The Kier molecular flexibility index (Phi) is 4.13. The molecular weight excluding hydrogens is 287 g/mol. The number of hydrogen-bond donors (Lipinski definition) is 2. The molecule has 1 aromatic carbocycles. The van der Waals surface area contributed by atoms with Crippen LogP contribution in [0.2, 0.25) is 5.02 Å². The summed E-state index contributed by atoms with van der Waals surface area (Å²) in [5.41, 5.74) is -0.0195. The van der Waals surface area contributed by atoms with Gasteiger partial charge in [-0.05, 0) is 18.1 Å². The van der Waals surface area contributed by atoms with Crippen molar-refractivity contribution in [2.45, 2.75) is 6.92 Å². The summed E-state index contributed by atoms with van der Waals surface area (Å²) in [5, 5.41) is 11.3. The molecule has 2 amide bonds. The van der Waals surface area contributed by atoms with Crippen LogP contribution in [0.4, 0.5) is 14.9 Å². The smallest absolute Gasteiger partial charge is 0.321 e. The van der Waals surface area contributed by atoms with Gasteiger partial charge >= 0.3 is 12.0 Å². The van der Waals surface area contributed by atoms with Crippen LogP contribution < -0.4 is 5.32 Å². The Morgan fingerprint density at radius 1 is 1.45 bits per heavy atom. The number of benzene rings is 1.